The zero-order valence-corrected chi connectivity index (χ0v) is 13.5. The number of aliphatic imine (C=N–C) groups is 1. The lowest BCUT2D eigenvalue weighted by atomic mass is 10.2. The third kappa shape index (κ3) is 4.84. The first-order chi connectivity index (χ1) is 11.1. The van der Waals surface area contributed by atoms with Crippen molar-refractivity contribution < 1.29 is 9.21 Å². The molecule has 7 nitrogen and oxygen atoms in total. The van der Waals surface area contributed by atoms with E-state index in [-0.39, 0.29) is 12.5 Å². The van der Waals surface area contributed by atoms with Crippen LogP contribution in [0.1, 0.15) is 5.69 Å². The molecule has 2 rings (SSSR count). The minimum atomic E-state index is -0.0271. The number of amides is 1. The van der Waals surface area contributed by atoms with Gasteiger partial charge in [-0.15, -0.1) is 0 Å². The molecule has 0 saturated heterocycles. The van der Waals surface area contributed by atoms with Crippen LogP contribution < -0.4 is 10.6 Å². The van der Waals surface area contributed by atoms with Crippen LogP contribution in [-0.2, 0) is 11.3 Å². The number of guanidine groups is 1. The molecule has 0 saturated carbocycles. The fourth-order valence-electron chi connectivity index (χ4n) is 1.81. The van der Waals surface area contributed by atoms with Gasteiger partial charge in [-0.05, 0) is 12.1 Å². The Morgan fingerprint density at radius 1 is 1.26 bits per heavy atom. The van der Waals surface area contributed by atoms with E-state index in [0.29, 0.717) is 18.4 Å². The van der Waals surface area contributed by atoms with Gasteiger partial charge in [0.15, 0.2) is 5.96 Å². The predicted molar refractivity (Wildman–Crippen MR) is 88.8 cm³/mol. The number of likely N-dealkylation sites (N-methyl/N-ethyl adjacent to an activating group) is 1. The van der Waals surface area contributed by atoms with Crippen LogP contribution in [0.25, 0.3) is 11.5 Å². The van der Waals surface area contributed by atoms with Crippen molar-refractivity contribution in [2.75, 3.05) is 27.7 Å². The maximum absolute atomic E-state index is 11.6. The minimum absolute atomic E-state index is 0.0271. The van der Waals surface area contributed by atoms with Crippen molar-refractivity contribution in [2.45, 2.75) is 6.54 Å². The van der Waals surface area contributed by atoms with Gasteiger partial charge in [-0.2, -0.15) is 0 Å². The topological polar surface area (TPSA) is 82.8 Å². The normalized spacial score (nSPS) is 11.2. The Bertz CT molecular complexity index is 664. The van der Waals surface area contributed by atoms with Gasteiger partial charge in [0.05, 0.1) is 18.8 Å². The van der Waals surface area contributed by atoms with Gasteiger partial charge in [-0.1, -0.05) is 18.2 Å². The van der Waals surface area contributed by atoms with Crippen molar-refractivity contribution in [2.24, 2.45) is 4.99 Å². The van der Waals surface area contributed by atoms with Crippen LogP contribution in [0.15, 0.2) is 46.0 Å². The second-order valence-electron chi connectivity index (χ2n) is 5.08. The van der Waals surface area contributed by atoms with E-state index in [9.17, 15) is 4.79 Å². The van der Waals surface area contributed by atoms with Gasteiger partial charge in [0.1, 0.15) is 6.26 Å². The van der Waals surface area contributed by atoms with Crippen LogP contribution in [0.4, 0.5) is 0 Å². The Kier molecular flexibility index (Phi) is 5.74. The molecular formula is C16H21N5O2. The lowest BCUT2D eigenvalue weighted by Gasteiger charge is -2.13. The molecule has 1 heterocycles. The largest absolute Gasteiger partial charge is 0.444 e. The van der Waals surface area contributed by atoms with Gasteiger partial charge >= 0.3 is 0 Å². The molecule has 0 aliphatic rings. The number of hydrogen-bond donors (Lipinski definition) is 2. The quantitative estimate of drug-likeness (QED) is 0.637. The van der Waals surface area contributed by atoms with Crippen molar-refractivity contribution in [3.8, 4) is 11.5 Å². The van der Waals surface area contributed by atoms with Crippen LogP contribution in [0, 0.1) is 0 Å². The Labute approximate surface area is 135 Å². The fraction of sp³-hybridized carbons (Fsp3) is 0.312. The minimum Gasteiger partial charge on any atom is -0.444 e. The van der Waals surface area contributed by atoms with Gasteiger partial charge in [0.2, 0.25) is 11.8 Å². The SMILES string of the molecule is CN=C(NCC(=O)N(C)C)NCc1coc(-c2ccccc2)n1. The van der Waals surface area contributed by atoms with E-state index in [1.807, 2.05) is 30.3 Å². The maximum atomic E-state index is 11.6. The number of aromatic nitrogens is 1. The molecule has 122 valence electrons. The molecule has 0 fully saturated rings. The zero-order valence-electron chi connectivity index (χ0n) is 13.5. The number of carbonyl (C=O) groups excluding carboxylic acids is 1. The zero-order chi connectivity index (χ0) is 16.7. The molecular weight excluding hydrogens is 294 g/mol. The molecule has 0 unspecified atom stereocenters. The molecule has 23 heavy (non-hydrogen) atoms. The summed E-state index contributed by atoms with van der Waals surface area (Å²) in [6, 6.07) is 9.70. The van der Waals surface area contributed by atoms with Crippen LogP contribution >= 0.6 is 0 Å². The van der Waals surface area contributed by atoms with Gasteiger partial charge in [-0.3, -0.25) is 9.79 Å². The number of oxazole rings is 1. The highest BCUT2D eigenvalue weighted by Crippen LogP contribution is 2.17. The molecule has 2 aromatic rings. The number of benzene rings is 1. The van der Waals surface area contributed by atoms with Crippen LogP contribution in [-0.4, -0.2) is 49.4 Å². The summed E-state index contributed by atoms with van der Waals surface area (Å²) < 4.78 is 5.47. The number of nitrogens with one attached hydrogen (secondary N) is 2. The molecule has 1 amide bonds. The van der Waals surface area contributed by atoms with Gasteiger partial charge < -0.3 is 20.0 Å². The van der Waals surface area contributed by atoms with Crippen molar-refractivity contribution in [1.82, 2.24) is 20.5 Å². The van der Waals surface area contributed by atoms with E-state index in [1.54, 1.807) is 27.4 Å². The summed E-state index contributed by atoms with van der Waals surface area (Å²) in [7, 11) is 5.06. The number of rotatable bonds is 5. The summed E-state index contributed by atoms with van der Waals surface area (Å²) in [6.45, 7) is 0.632. The summed E-state index contributed by atoms with van der Waals surface area (Å²) in [5, 5.41) is 6.04. The first-order valence-electron chi connectivity index (χ1n) is 7.24. The van der Waals surface area contributed by atoms with Crippen molar-refractivity contribution in [1.29, 1.82) is 0 Å². The Morgan fingerprint density at radius 2 is 2.00 bits per heavy atom. The monoisotopic (exact) mass is 315 g/mol. The van der Waals surface area contributed by atoms with Crippen LogP contribution in [0.2, 0.25) is 0 Å². The molecule has 0 radical (unpaired) electrons. The number of carbonyl (C=O) groups is 1. The molecule has 2 N–H and O–H groups in total. The molecule has 0 spiro atoms. The average molecular weight is 315 g/mol. The number of hydrogen-bond acceptors (Lipinski definition) is 4. The number of nitrogens with zero attached hydrogens (tertiary/aromatic N) is 3. The van der Waals surface area contributed by atoms with Gasteiger partial charge in [0, 0.05) is 26.7 Å². The summed E-state index contributed by atoms with van der Waals surface area (Å²) in [5.41, 5.74) is 1.68. The van der Waals surface area contributed by atoms with E-state index in [2.05, 4.69) is 20.6 Å². The first kappa shape index (κ1) is 16.5. The predicted octanol–water partition coefficient (Wildman–Crippen LogP) is 1.09. The average Bonchev–Trinajstić information content (AvgIpc) is 3.04. The van der Waals surface area contributed by atoms with Crippen molar-refractivity contribution >= 4 is 11.9 Å². The second kappa shape index (κ2) is 7.98. The lowest BCUT2D eigenvalue weighted by molar-refractivity contribution is -0.127. The summed E-state index contributed by atoms with van der Waals surface area (Å²) in [6.07, 6.45) is 1.60. The summed E-state index contributed by atoms with van der Waals surface area (Å²) >= 11 is 0. The Balaban J connectivity index is 1.88. The van der Waals surface area contributed by atoms with Gasteiger partial charge in [0.25, 0.3) is 0 Å². The highest BCUT2D eigenvalue weighted by molar-refractivity contribution is 5.86. The Hall–Kier alpha value is -2.83. The highest BCUT2D eigenvalue weighted by Gasteiger charge is 2.08. The third-order valence-electron chi connectivity index (χ3n) is 3.14. The van der Waals surface area contributed by atoms with E-state index in [4.69, 9.17) is 4.42 Å². The van der Waals surface area contributed by atoms with Crippen molar-refractivity contribution in [3.05, 3.63) is 42.3 Å². The van der Waals surface area contributed by atoms with E-state index in [1.165, 1.54) is 4.90 Å². The van der Waals surface area contributed by atoms with Crippen molar-refractivity contribution in [3.63, 3.8) is 0 Å². The van der Waals surface area contributed by atoms with E-state index in [0.717, 1.165) is 11.3 Å². The molecule has 7 heteroatoms. The molecule has 0 atom stereocenters. The lowest BCUT2D eigenvalue weighted by Crippen LogP contribution is -2.42. The fourth-order valence-corrected chi connectivity index (χ4v) is 1.81. The van der Waals surface area contributed by atoms with Crippen LogP contribution in [0.3, 0.4) is 0 Å². The third-order valence-corrected chi connectivity index (χ3v) is 3.14. The Morgan fingerprint density at radius 3 is 2.65 bits per heavy atom. The molecule has 1 aromatic heterocycles. The van der Waals surface area contributed by atoms with Gasteiger partial charge in [-0.25, -0.2) is 4.98 Å². The maximum Gasteiger partial charge on any atom is 0.241 e. The molecule has 0 aliphatic heterocycles. The summed E-state index contributed by atoms with van der Waals surface area (Å²) in [5.74, 6) is 1.08. The summed E-state index contributed by atoms with van der Waals surface area (Å²) in [4.78, 5) is 21.6. The second-order valence-corrected chi connectivity index (χ2v) is 5.08. The van der Waals surface area contributed by atoms with Crippen LogP contribution in [0.5, 0.6) is 0 Å². The molecule has 0 bridgehead atoms. The molecule has 0 aliphatic carbocycles. The molecule has 1 aromatic carbocycles. The van der Waals surface area contributed by atoms with E-state index >= 15 is 0 Å². The smallest absolute Gasteiger partial charge is 0.241 e. The van der Waals surface area contributed by atoms with E-state index < -0.39 is 0 Å². The highest BCUT2D eigenvalue weighted by atomic mass is 16.3. The standard InChI is InChI=1S/C16H21N5O2/c1-17-16(19-10-14(22)21(2)3)18-9-13-11-23-15(20-13)12-7-5-4-6-8-12/h4-8,11H,9-10H2,1-3H3,(H2,17,18,19). The first-order valence-corrected chi connectivity index (χ1v) is 7.24.